The summed E-state index contributed by atoms with van der Waals surface area (Å²) in [5.74, 6) is 0. The lowest BCUT2D eigenvalue weighted by molar-refractivity contribution is -0.882. The molecule has 7 rings (SSSR count). The van der Waals surface area contributed by atoms with Crippen LogP contribution in [0.25, 0.3) is 22.5 Å². The van der Waals surface area contributed by atoms with Crippen LogP contribution < -0.4 is 29.2 Å². The van der Waals surface area contributed by atoms with Crippen molar-refractivity contribution in [2.75, 3.05) is 19.8 Å². The molecule has 5 aromatic carbocycles. The quantitative estimate of drug-likeness (QED) is 0.0501. The first-order valence-corrected chi connectivity index (χ1v) is 19.9. The number of aromatic nitrogens is 2. The number of hydrogen-bond donors (Lipinski definition) is 0. The second-order valence-corrected chi connectivity index (χ2v) is 13.7. The van der Waals surface area contributed by atoms with Gasteiger partial charge in [-0.15, -0.1) is 0 Å². The van der Waals surface area contributed by atoms with Gasteiger partial charge in [0.25, 0.3) is 11.4 Å². The average Bonchev–Trinajstić information content (AvgIpc) is 3.26. The summed E-state index contributed by atoms with van der Waals surface area (Å²) in [5, 5.41) is 21.4. The van der Waals surface area contributed by atoms with Gasteiger partial charge in [0.2, 0.25) is 12.4 Å². The van der Waals surface area contributed by atoms with Crippen LogP contribution >= 0.6 is 0 Å². The summed E-state index contributed by atoms with van der Waals surface area (Å²) in [5.41, 5.74) is 10.2. The predicted molar refractivity (Wildman–Crippen MR) is 228 cm³/mol. The fraction of sp³-hybridized carbons (Fsp3) is 0.200. The highest BCUT2D eigenvalue weighted by Gasteiger charge is 2.35. The zero-order valence-corrected chi connectivity index (χ0v) is 33.9. The van der Waals surface area contributed by atoms with Crippen molar-refractivity contribution in [1.29, 1.82) is 0 Å². The van der Waals surface area contributed by atoms with Crippen LogP contribution in [0, 0.1) is 13.8 Å². The SMILES string of the molecule is CCO[n+]1ccccc1-c1cccc(C)c1.CCO[n+]1ccccc1-c1cccc(C)c1.[O-]B([O-])OCCCC(c1ccccc1)(c1ccccc1)c1ccccc1. The lowest BCUT2D eigenvalue weighted by Gasteiger charge is -2.37. The van der Waals surface area contributed by atoms with Crippen LogP contribution in [0.1, 0.15) is 54.5 Å². The highest BCUT2D eigenvalue weighted by Crippen LogP contribution is 2.43. The number of nitrogens with zero attached hydrogens (tertiary/aromatic N) is 2. The average molecular weight is 773 g/mol. The Hall–Kier alpha value is -6.06. The Kier molecular flexibility index (Phi) is 16.8. The summed E-state index contributed by atoms with van der Waals surface area (Å²) in [4.78, 5) is 11.1. The maximum atomic E-state index is 10.7. The highest BCUT2D eigenvalue weighted by molar-refractivity contribution is 6.28. The van der Waals surface area contributed by atoms with E-state index in [1.165, 1.54) is 38.9 Å². The van der Waals surface area contributed by atoms with Crippen LogP contribution in [0.3, 0.4) is 0 Å². The van der Waals surface area contributed by atoms with Crippen molar-refractivity contribution in [2.45, 2.75) is 46.0 Å². The zero-order chi connectivity index (χ0) is 41.0. The minimum absolute atomic E-state index is 0.159. The fourth-order valence-electron chi connectivity index (χ4n) is 7.03. The van der Waals surface area contributed by atoms with Crippen LogP contribution in [0.5, 0.6) is 0 Å². The van der Waals surface area contributed by atoms with Crippen molar-refractivity contribution in [3.05, 3.63) is 216 Å². The van der Waals surface area contributed by atoms with Crippen LogP contribution in [0.4, 0.5) is 0 Å². The molecule has 8 heteroatoms. The van der Waals surface area contributed by atoms with E-state index in [9.17, 15) is 10.0 Å². The van der Waals surface area contributed by atoms with Gasteiger partial charge in [-0.25, -0.2) is 0 Å². The minimum atomic E-state index is -2.23. The molecule has 0 aliphatic carbocycles. The molecule has 7 aromatic rings. The second-order valence-electron chi connectivity index (χ2n) is 13.7. The van der Waals surface area contributed by atoms with Crippen LogP contribution in [-0.4, -0.2) is 27.1 Å². The number of aryl methyl sites for hydroxylation is 2. The van der Waals surface area contributed by atoms with Gasteiger partial charge in [0.05, 0.1) is 18.4 Å². The van der Waals surface area contributed by atoms with Gasteiger partial charge in [-0.05, 0) is 93.6 Å². The van der Waals surface area contributed by atoms with Crippen LogP contribution in [0.2, 0.25) is 0 Å². The molecule has 2 heterocycles. The monoisotopic (exact) mass is 772 g/mol. The molecule has 58 heavy (non-hydrogen) atoms. The Morgan fingerprint density at radius 2 is 0.897 bits per heavy atom. The van der Waals surface area contributed by atoms with Crippen molar-refractivity contribution in [1.82, 2.24) is 0 Å². The van der Waals surface area contributed by atoms with Crippen molar-refractivity contribution in [3.63, 3.8) is 0 Å². The molecular weight excluding hydrogens is 719 g/mol. The van der Waals surface area contributed by atoms with Gasteiger partial charge in [0.15, 0.2) is 13.2 Å². The van der Waals surface area contributed by atoms with Gasteiger partial charge in [0.1, 0.15) is 0 Å². The fourth-order valence-corrected chi connectivity index (χ4v) is 7.03. The summed E-state index contributed by atoms with van der Waals surface area (Å²) >= 11 is 0. The molecule has 0 fully saturated rings. The molecule has 0 N–H and O–H groups in total. The number of hydrogen-bond acceptors (Lipinski definition) is 5. The molecule has 296 valence electrons. The molecule has 0 saturated heterocycles. The first-order chi connectivity index (χ1) is 28.3. The summed E-state index contributed by atoms with van der Waals surface area (Å²) in [6.07, 6.45) is 5.21. The Balaban J connectivity index is 0.000000174. The smallest absolute Gasteiger partial charge is 0.264 e. The third-order valence-corrected chi connectivity index (χ3v) is 9.56. The van der Waals surface area contributed by atoms with E-state index in [2.05, 4.69) is 111 Å². The van der Waals surface area contributed by atoms with Gasteiger partial charge in [-0.1, -0.05) is 126 Å². The van der Waals surface area contributed by atoms with E-state index in [-0.39, 0.29) is 12.0 Å². The Bertz CT molecular complexity index is 2050. The topological polar surface area (TPSA) is 81.6 Å². The molecule has 0 saturated carbocycles. The molecule has 0 radical (unpaired) electrons. The zero-order valence-electron chi connectivity index (χ0n) is 33.9. The lowest BCUT2D eigenvalue weighted by Crippen LogP contribution is -2.48. The van der Waals surface area contributed by atoms with Gasteiger partial charge >= 0.3 is 0 Å². The normalized spacial score (nSPS) is 10.7. The largest absolute Gasteiger partial charge is 0.871 e. The van der Waals surface area contributed by atoms with E-state index in [1.54, 1.807) is 0 Å². The standard InChI is InChI=1S/C22H21BO3.2C14H16NO/c24-23(25)26-18-10-17-22(19-11-4-1-5-12-19,20-13-6-2-7-14-20)21-15-8-3-9-16-21;2*1-3-16-15-10-5-4-9-14(15)13-8-6-7-12(2)11-13/h1-9,11-16H,10,17-18H2;2*4-11H,3H2,1-2H3/q-2;2*+1. The molecule has 0 atom stereocenters. The maximum Gasteiger partial charge on any atom is 0.264 e. The van der Waals surface area contributed by atoms with Gasteiger partial charge in [-0.2, -0.15) is 0 Å². The predicted octanol–water partition coefficient (Wildman–Crippen LogP) is 7.32. The first-order valence-electron chi connectivity index (χ1n) is 19.9. The molecule has 0 bridgehead atoms. The number of rotatable bonds is 14. The van der Waals surface area contributed by atoms with Crippen molar-refractivity contribution < 1.29 is 33.8 Å². The minimum Gasteiger partial charge on any atom is -0.871 e. The lowest BCUT2D eigenvalue weighted by atomic mass is 9.67. The molecule has 0 aliphatic rings. The molecule has 2 aromatic heterocycles. The molecule has 0 unspecified atom stereocenters. The first kappa shape index (κ1) is 43.1. The summed E-state index contributed by atoms with van der Waals surface area (Å²) in [6.45, 7) is 9.64. The van der Waals surface area contributed by atoms with Crippen LogP contribution in [-0.2, 0) is 10.1 Å². The molecule has 0 spiro atoms. The number of pyridine rings is 2. The van der Waals surface area contributed by atoms with E-state index < -0.39 is 7.32 Å². The second kappa shape index (κ2) is 22.6. The summed E-state index contributed by atoms with van der Waals surface area (Å²) < 4.78 is 8.36. The van der Waals surface area contributed by atoms with Crippen molar-refractivity contribution in [3.8, 4) is 22.5 Å². The Labute approximate surface area is 344 Å². The van der Waals surface area contributed by atoms with Gasteiger partial charge in [-0.3, -0.25) is 9.68 Å². The van der Waals surface area contributed by atoms with Crippen LogP contribution in [0.15, 0.2) is 188 Å². The van der Waals surface area contributed by atoms with Gasteiger partial charge in [0, 0.05) is 45.7 Å². The summed E-state index contributed by atoms with van der Waals surface area (Å²) in [6, 6.07) is 60.0. The molecule has 0 aliphatic heterocycles. The van der Waals surface area contributed by atoms with Gasteiger partial charge < -0.3 is 14.7 Å². The van der Waals surface area contributed by atoms with E-state index >= 15 is 0 Å². The van der Waals surface area contributed by atoms with Crippen molar-refractivity contribution >= 4 is 7.32 Å². The van der Waals surface area contributed by atoms with Crippen molar-refractivity contribution in [2.24, 2.45) is 0 Å². The molecule has 7 nitrogen and oxygen atoms in total. The third kappa shape index (κ3) is 12.0. The third-order valence-electron chi connectivity index (χ3n) is 9.56. The molecular formula is C50H53BN2O5. The highest BCUT2D eigenvalue weighted by atomic mass is 16.7. The van der Waals surface area contributed by atoms with E-state index in [4.69, 9.17) is 14.3 Å². The van der Waals surface area contributed by atoms with E-state index in [0.717, 1.165) is 17.8 Å². The van der Waals surface area contributed by atoms with E-state index in [1.807, 2.05) is 115 Å². The Morgan fingerprint density at radius 3 is 1.26 bits per heavy atom. The number of benzene rings is 5. The Morgan fingerprint density at radius 1 is 0.500 bits per heavy atom. The maximum absolute atomic E-state index is 10.7. The van der Waals surface area contributed by atoms with E-state index in [0.29, 0.717) is 19.6 Å². The summed E-state index contributed by atoms with van der Waals surface area (Å²) in [7, 11) is -2.23. The molecule has 0 amide bonds.